The van der Waals surface area contributed by atoms with Crippen molar-refractivity contribution in [3.8, 4) is 0 Å². The third-order valence-electron chi connectivity index (χ3n) is 2.44. The molecule has 0 radical (unpaired) electrons. The number of nitrogens with one attached hydrogen (secondary N) is 1. The molecule has 0 aromatic rings. The summed E-state index contributed by atoms with van der Waals surface area (Å²) in [6, 6.07) is 0.402. The normalized spacial score (nSPS) is 38.5. The number of hydrogen-bond donors (Lipinski definition) is 1. The first-order valence-corrected chi connectivity index (χ1v) is 4.03. The second-order valence-electron chi connectivity index (χ2n) is 3.22. The predicted octanol–water partition coefficient (Wildman–Crippen LogP) is 1.06. The van der Waals surface area contributed by atoms with E-state index in [-0.39, 0.29) is 0 Å². The monoisotopic (exact) mass is 159 g/mol. The molecular formula is C8H14FNO. The first kappa shape index (κ1) is 8.65. The Labute approximate surface area is 66.2 Å². The zero-order chi connectivity index (χ0) is 8.32. The van der Waals surface area contributed by atoms with Crippen LogP contribution in [0.4, 0.5) is 4.39 Å². The maximum atomic E-state index is 13.2. The topological polar surface area (TPSA) is 29.1 Å². The van der Waals surface area contributed by atoms with Crippen molar-refractivity contribution < 1.29 is 9.18 Å². The number of alkyl halides is 1. The molecule has 0 bridgehead atoms. The Hall–Kier alpha value is -0.440. The minimum absolute atomic E-state index is 0.377. The maximum absolute atomic E-state index is 13.2. The molecule has 0 amide bonds. The third-order valence-corrected chi connectivity index (χ3v) is 2.44. The quantitative estimate of drug-likeness (QED) is 0.610. The van der Waals surface area contributed by atoms with E-state index in [1.54, 1.807) is 0 Å². The first-order valence-electron chi connectivity index (χ1n) is 4.03. The summed E-state index contributed by atoms with van der Waals surface area (Å²) in [6.45, 7) is 0. The molecule has 0 unspecified atom stereocenters. The minimum Gasteiger partial charge on any atom is -0.317 e. The zero-order valence-corrected chi connectivity index (χ0v) is 6.77. The SMILES string of the molecule is CN[C@H]1CC[C@@](F)(C=O)CC1. The molecule has 1 fully saturated rings. The predicted molar refractivity (Wildman–Crippen MR) is 41.2 cm³/mol. The van der Waals surface area contributed by atoms with Crippen LogP contribution in [0.15, 0.2) is 0 Å². The van der Waals surface area contributed by atoms with Crippen molar-refractivity contribution in [1.29, 1.82) is 0 Å². The fourth-order valence-electron chi connectivity index (χ4n) is 1.50. The number of aldehydes is 1. The molecule has 1 N–H and O–H groups in total. The van der Waals surface area contributed by atoms with E-state index in [0.717, 1.165) is 12.8 Å². The van der Waals surface area contributed by atoms with Gasteiger partial charge in [-0.05, 0) is 32.7 Å². The molecule has 2 nitrogen and oxygen atoms in total. The molecule has 64 valence electrons. The lowest BCUT2D eigenvalue weighted by Crippen LogP contribution is -2.38. The highest BCUT2D eigenvalue weighted by molar-refractivity contribution is 5.62. The number of rotatable bonds is 2. The molecule has 0 spiro atoms. The lowest BCUT2D eigenvalue weighted by Gasteiger charge is -2.29. The molecule has 0 heterocycles. The van der Waals surface area contributed by atoms with E-state index in [2.05, 4.69) is 5.32 Å². The molecule has 0 saturated heterocycles. The van der Waals surface area contributed by atoms with Crippen LogP contribution in [0.2, 0.25) is 0 Å². The highest BCUT2D eigenvalue weighted by Crippen LogP contribution is 2.29. The summed E-state index contributed by atoms with van der Waals surface area (Å²) in [7, 11) is 1.87. The summed E-state index contributed by atoms with van der Waals surface area (Å²) < 4.78 is 13.2. The van der Waals surface area contributed by atoms with Crippen LogP contribution in [-0.2, 0) is 4.79 Å². The Morgan fingerprint density at radius 3 is 2.45 bits per heavy atom. The van der Waals surface area contributed by atoms with Gasteiger partial charge in [0.25, 0.3) is 0 Å². The summed E-state index contributed by atoms with van der Waals surface area (Å²) in [6.07, 6.45) is 2.75. The van der Waals surface area contributed by atoms with E-state index in [0.29, 0.717) is 25.2 Å². The fourth-order valence-corrected chi connectivity index (χ4v) is 1.50. The van der Waals surface area contributed by atoms with Crippen LogP contribution in [0, 0.1) is 0 Å². The summed E-state index contributed by atoms with van der Waals surface area (Å²) in [4.78, 5) is 10.3. The van der Waals surface area contributed by atoms with E-state index >= 15 is 0 Å². The second kappa shape index (κ2) is 3.30. The Morgan fingerprint density at radius 1 is 1.55 bits per heavy atom. The molecule has 1 aliphatic carbocycles. The summed E-state index contributed by atoms with van der Waals surface area (Å²) >= 11 is 0. The van der Waals surface area contributed by atoms with Crippen LogP contribution in [0.1, 0.15) is 25.7 Å². The Morgan fingerprint density at radius 2 is 2.09 bits per heavy atom. The van der Waals surface area contributed by atoms with Gasteiger partial charge in [-0.2, -0.15) is 0 Å². The van der Waals surface area contributed by atoms with Crippen molar-refractivity contribution >= 4 is 6.29 Å². The number of hydrogen-bond acceptors (Lipinski definition) is 2. The lowest BCUT2D eigenvalue weighted by atomic mass is 9.85. The van der Waals surface area contributed by atoms with Gasteiger partial charge in [0, 0.05) is 6.04 Å². The third kappa shape index (κ3) is 1.99. The van der Waals surface area contributed by atoms with Gasteiger partial charge in [0.1, 0.15) is 0 Å². The average molecular weight is 159 g/mol. The maximum Gasteiger partial charge on any atom is 0.165 e. The van der Waals surface area contributed by atoms with Crippen LogP contribution in [-0.4, -0.2) is 25.0 Å². The number of halogens is 1. The van der Waals surface area contributed by atoms with Gasteiger partial charge in [-0.15, -0.1) is 0 Å². The van der Waals surface area contributed by atoms with Gasteiger partial charge in [-0.1, -0.05) is 0 Å². The standard InChI is InChI=1S/C8H14FNO/c1-10-7-2-4-8(9,6-11)5-3-7/h6-7,10H,2-5H2,1H3/t7-,8-. The van der Waals surface area contributed by atoms with Gasteiger partial charge >= 0.3 is 0 Å². The molecule has 11 heavy (non-hydrogen) atoms. The molecule has 1 rings (SSSR count). The van der Waals surface area contributed by atoms with Gasteiger partial charge in [0.05, 0.1) is 0 Å². The summed E-state index contributed by atoms with van der Waals surface area (Å²) in [5.74, 6) is 0. The molecule has 0 aromatic heterocycles. The van der Waals surface area contributed by atoms with Gasteiger partial charge in [0.2, 0.25) is 0 Å². The molecule has 0 aromatic carbocycles. The zero-order valence-electron chi connectivity index (χ0n) is 6.77. The van der Waals surface area contributed by atoms with Gasteiger partial charge in [0.15, 0.2) is 12.0 Å². The van der Waals surface area contributed by atoms with E-state index < -0.39 is 5.67 Å². The van der Waals surface area contributed by atoms with Gasteiger partial charge in [-0.3, -0.25) is 4.79 Å². The highest BCUT2D eigenvalue weighted by atomic mass is 19.1. The van der Waals surface area contributed by atoms with Crippen LogP contribution in [0.5, 0.6) is 0 Å². The van der Waals surface area contributed by atoms with Crippen molar-refractivity contribution in [2.45, 2.75) is 37.4 Å². The second-order valence-corrected chi connectivity index (χ2v) is 3.22. The number of carbonyl (C=O) groups excluding carboxylic acids is 1. The van der Waals surface area contributed by atoms with Crippen molar-refractivity contribution in [1.82, 2.24) is 5.32 Å². The Balaban J connectivity index is 2.41. The summed E-state index contributed by atoms with van der Waals surface area (Å²) in [5.41, 5.74) is -1.52. The smallest absolute Gasteiger partial charge is 0.165 e. The van der Waals surface area contributed by atoms with Crippen molar-refractivity contribution in [2.24, 2.45) is 0 Å². The van der Waals surface area contributed by atoms with Crippen LogP contribution >= 0.6 is 0 Å². The molecular weight excluding hydrogens is 145 g/mol. The van der Waals surface area contributed by atoms with Crippen molar-refractivity contribution in [3.05, 3.63) is 0 Å². The Kier molecular flexibility index (Phi) is 2.60. The van der Waals surface area contributed by atoms with Gasteiger partial charge < -0.3 is 5.32 Å². The van der Waals surface area contributed by atoms with E-state index in [4.69, 9.17) is 0 Å². The van der Waals surface area contributed by atoms with Crippen molar-refractivity contribution in [2.75, 3.05) is 7.05 Å². The molecule has 3 heteroatoms. The van der Waals surface area contributed by atoms with E-state index in [1.165, 1.54) is 0 Å². The van der Waals surface area contributed by atoms with Crippen LogP contribution in [0.25, 0.3) is 0 Å². The lowest BCUT2D eigenvalue weighted by molar-refractivity contribution is -0.119. The minimum atomic E-state index is -1.52. The average Bonchev–Trinajstić information content (AvgIpc) is 2.06. The largest absolute Gasteiger partial charge is 0.317 e. The Bertz CT molecular complexity index is 141. The fraction of sp³-hybridized carbons (Fsp3) is 0.875. The molecule has 1 aliphatic rings. The van der Waals surface area contributed by atoms with Crippen LogP contribution in [0.3, 0.4) is 0 Å². The van der Waals surface area contributed by atoms with Gasteiger partial charge in [-0.25, -0.2) is 4.39 Å². The van der Waals surface area contributed by atoms with Crippen molar-refractivity contribution in [3.63, 3.8) is 0 Å². The van der Waals surface area contributed by atoms with E-state index in [1.807, 2.05) is 7.05 Å². The van der Waals surface area contributed by atoms with Crippen LogP contribution < -0.4 is 5.32 Å². The summed E-state index contributed by atoms with van der Waals surface area (Å²) in [5, 5.41) is 3.08. The molecule has 1 saturated carbocycles. The first-order chi connectivity index (χ1) is 5.20. The number of carbonyl (C=O) groups is 1. The van der Waals surface area contributed by atoms with E-state index in [9.17, 15) is 9.18 Å². The molecule has 0 aliphatic heterocycles. The highest BCUT2D eigenvalue weighted by Gasteiger charge is 2.34. The molecule has 0 atom stereocenters.